The molecule has 72 valence electrons. The molecule has 0 aromatic carbocycles. The van der Waals surface area contributed by atoms with Crippen molar-refractivity contribution in [2.75, 3.05) is 0 Å². The second-order valence-corrected chi connectivity index (χ2v) is 3.66. The van der Waals surface area contributed by atoms with Crippen molar-refractivity contribution in [1.29, 1.82) is 0 Å². The smallest absolute Gasteiger partial charge is 0.0161 e. The van der Waals surface area contributed by atoms with Crippen molar-refractivity contribution < 1.29 is 0 Å². The second kappa shape index (κ2) is 6.71. The number of unbranched alkanes of at least 4 members (excludes halogenated alkanes) is 2. The molecule has 1 rings (SSSR count). The maximum absolute atomic E-state index is 2.34. The maximum Gasteiger partial charge on any atom is -0.0161 e. The summed E-state index contributed by atoms with van der Waals surface area (Å²) in [6.45, 7) is 2.24. The quantitative estimate of drug-likeness (QED) is 0.434. The highest BCUT2D eigenvalue weighted by Crippen LogP contribution is 2.15. The van der Waals surface area contributed by atoms with Crippen molar-refractivity contribution in [3.05, 3.63) is 36.5 Å². The third-order valence-electron chi connectivity index (χ3n) is 2.40. The van der Waals surface area contributed by atoms with E-state index >= 15 is 0 Å². The molecule has 0 fully saturated rings. The molecule has 0 aromatic rings. The number of rotatable bonds is 5. The summed E-state index contributed by atoms with van der Waals surface area (Å²) in [5, 5.41) is 0. The van der Waals surface area contributed by atoms with Gasteiger partial charge in [-0.1, -0.05) is 56.2 Å². The van der Waals surface area contributed by atoms with Crippen LogP contribution in [0.3, 0.4) is 0 Å². The van der Waals surface area contributed by atoms with Gasteiger partial charge in [-0.25, -0.2) is 0 Å². The van der Waals surface area contributed by atoms with Gasteiger partial charge in [0.15, 0.2) is 0 Å². The van der Waals surface area contributed by atoms with Crippen LogP contribution in [0.1, 0.15) is 39.0 Å². The van der Waals surface area contributed by atoms with Crippen molar-refractivity contribution in [2.24, 2.45) is 5.92 Å². The van der Waals surface area contributed by atoms with Gasteiger partial charge in [0, 0.05) is 0 Å². The number of hydrogen-bond acceptors (Lipinski definition) is 0. The minimum Gasteiger partial charge on any atom is -0.0885 e. The third-order valence-corrected chi connectivity index (χ3v) is 2.40. The summed E-state index contributed by atoms with van der Waals surface area (Å²) in [5.41, 5.74) is 0. The molecular formula is C13H20. The van der Waals surface area contributed by atoms with Gasteiger partial charge < -0.3 is 0 Å². The van der Waals surface area contributed by atoms with Gasteiger partial charge in [0.1, 0.15) is 0 Å². The average Bonchev–Trinajstić information content (AvgIpc) is 2.19. The van der Waals surface area contributed by atoms with Crippen LogP contribution in [0.15, 0.2) is 36.5 Å². The van der Waals surface area contributed by atoms with Crippen LogP contribution >= 0.6 is 0 Å². The van der Waals surface area contributed by atoms with Gasteiger partial charge in [-0.3, -0.25) is 0 Å². The highest BCUT2D eigenvalue weighted by Gasteiger charge is 2.01. The van der Waals surface area contributed by atoms with Crippen LogP contribution in [-0.4, -0.2) is 0 Å². The summed E-state index contributed by atoms with van der Waals surface area (Å²) in [6, 6.07) is 0. The van der Waals surface area contributed by atoms with Crippen LogP contribution < -0.4 is 0 Å². The Kier molecular flexibility index (Phi) is 5.31. The zero-order valence-electron chi connectivity index (χ0n) is 8.58. The Morgan fingerprint density at radius 3 is 2.92 bits per heavy atom. The largest absolute Gasteiger partial charge is 0.0885 e. The molecule has 13 heavy (non-hydrogen) atoms. The lowest BCUT2D eigenvalue weighted by molar-refractivity contribution is 0.666. The maximum atomic E-state index is 2.34. The lowest BCUT2D eigenvalue weighted by Gasteiger charge is -2.09. The Hall–Kier alpha value is -0.780. The fraction of sp³-hybridized carbons (Fsp3) is 0.538. The summed E-state index contributed by atoms with van der Waals surface area (Å²) in [4.78, 5) is 0. The lowest BCUT2D eigenvalue weighted by Crippen LogP contribution is -1.94. The second-order valence-electron chi connectivity index (χ2n) is 3.66. The summed E-state index contributed by atoms with van der Waals surface area (Å²) in [5.74, 6) is 0.753. The van der Waals surface area contributed by atoms with Gasteiger partial charge in [-0.05, 0) is 25.2 Å². The first-order valence-electron chi connectivity index (χ1n) is 5.42. The van der Waals surface area contributed by atoms with Crippen LogP contribution in [0.2, 0.25) is 0 Å². The van der Waals surface area contributed by atoms with Crippen LogP contribution in [-0.2, 0) is 0 Å². The standard InChI is InChI=1S/C13H20/c1-2-3-4-5-7-10-13-11-8-6-9-12-13/h5-9,11,13H,2-4,10,12H2,1H3/b7-5+. The zero-order chi connectivity index (χ0) is 9.36. The molecule has 1 unspecified atom stereocenters. The van der Waals surface area contributed by atoms with E-state index in [4.69, 9.17) is 0 Å². The molecule has 0 nitrogen and oxygen atoms in total. The third kappa shape index (κ3) is 4.72. The van der Waals surface area contributed by atoms with Crippen molar-refractivity contribution in [1.82, 2.24) is 0 Å². The molecule has 0 bridgehead atoms. The summed E-state index contributed by atoms with van der Waals surface area (Å²) in [6.07, 6.45) is 19.8. The van der Waals surface area contributed by atoms with Crippen LogP contribution in [0.25, 0.3) is 0 Å². The Morgan fingerprint density at radius 1 is 1.31 bits per heavy atom. The van der Waals surface area contributed by atoms with E-state index in [9.17, 15) is 0 Å². The first kappa shape index (κ1) is 10.3. The van der Waals surface area contributed by atoms with E-state index in [1.807, 2.05) is 0 Å². The van der Waals surface area contributed by atoms with E-state index in [0.29, 0.717) is 0 Å². The van der Waals surface area contributed by atoms with E-state index in [2.05, 4.69) is 43.4 Å². The molecule has 0 heterocycles. The SMILES string of the molecule is CCCC/C=C/CC1C=CC=CC1. The summed E-state index contributed by atoms with van der Waals surface area (Å²) < 4.78 is 0. The Balaban J connectivity index is 2.08. The molecular weight excluding hydrogens is 156 g/mol. The molecule has 1 aliphatic rings. The van der Waals surface area contributed by atoms with Crippen molar-refractivity contribution in [3.63, 3.8) is 0 Å². The Bertz CT molecular complexity index is 196. The Morgan fingerprint density at radius 2 is 2.23 bits per heavy atom. The molecule has 0 heteroatoms. The highest BCUT2D eigenvalue weighted by molar-refractivity contribution is 5.11. The highest BCUT2D eigenvalue weighted by atomic mass is 14.1. The summed E-state index contributed by atoms with van der Waals surface area (Å²) in [7, 11) is 0. The van der Waals surface area contributed by atoms with E-state index in [0.717, 1.165) is 5.92 Å². The van der Waals surface area contributed by atoms with Crippen LogP contribution in [0, 0.1) is 5.92 Å². The summed E-state index contributed by atoms with van der Waals surface area (Å²) >= 11 is 0. The normalized spacial score (nSPS) is 21.5. The molecule has 0 spiro atoms. The minimum atomic E-state index is 0.753. The zero-order valence-corrected chi connectivity index (χ0v) is 8.58. The van der Waals surface area contributed by atoms with E-state index in [1.165, 1.54) is 32.1 Å². The molecule has 1 atom stereocenters. The predicted molar refractivity (Wildman–Crippen MR) is 59.7 cm³/mol. The minimum absolute atomic E-state index is 0.753. The van der Waals surface area contributed by atoms with Gasteiger partial charge in [0.2, 0.25) is 0 Å². The molecule has 0 amide bonds. The lowest BCUT2D eigenvalue weighted by atomic mass is 9.97. The predicted octanol–water partition coefficient (Wildman–Crippen LogP) is 4.26. The molecule has 0 aromatic heterocycles. The van der Waals surface area contributed by atoms with E-state index in [1.54, 1.807) is 0 Å². The van der Waals surface area contributed by atoms with Crippen molar-refractivity contribution in [3.8, 4) is 0 Å². The van der Waals surface area contributed by atoms with Gasteiger partial charge in [-0.15, -0.1) is 0 Å². The first-order valence-corrected chi connectivity index (χ1v) is 5.42. The van der Waals surface area contributed by atoms with Gasteiger partial charge in [-0.2, -0.15) is 0 Å². The average molecular weight is 176 g/mol. The monoisotopic (exact) mass is 176 g/mol. The van der Waals surface area contributed by atoms with Crippen LogP contribution in [0.4, 0.5) is 0 Å². The fourth-order valence-corrected chi connectivity index (χ4v) is 1.52. The molecule has 0 saturated carbocycles. The van der Waals surface area contributed by atoms with E-state index < -0.39 is 0 Å². The Labute approximate surface area is 82.0 Å². The van der Waals surface area contributed by atoms with Crippen molar-refractivity contribution in [2.45, 2.75) is 39.0 Å². The molecule has 0 radical (unpaired) electrons. The number of hydrogen-bond donors (Lipinski definition) is 0. The molecule has 0 N–H and O–H groups in total. The van der Waals surface area contributed by atoms with Crippen molar-refractivity contribution >= 4 is 0 Å². The molecule has 0 saturated heterocycles. The topological polar surface area (TPSA) is 0 Å². The fourth-order valence-electron chi connectivity index (χ4n) is 1.52. The van der Waals surface area contributed by atoms with Gasteiger partial charge in [0.25, 0.3) is 0 Å². The van der Waals surface area contributed by atoms with Gasteiger partial charge in [0.05, 0.1) is 0 Å². The molecule has 1 aliphatic carbocycles. The van der Waals surface area contributed by atoms with Gasteiger partial charge >= 0.3 is 0 Å². The first-order chi connectivity index (χ1) is 6.43. The van der Waals surface area contributed by atoms with Crippen LogP contribution in [0.5, 0.6) is 0 Å². The van der Waals surface area contributed by atoms with E-state index in [-0.39, 0.29) is 0 Å². The number of allylic oxidation sites excluding steroid dienone is 6. The molecule has 0 aliphatic heterocycles.